The number of pyridine rings is 1. The van der Waals surface area contributed by atoms with Gasteiger partial charge in [0.05, 0.1) is 23.4 Å². The molecule has 2 aromatic heterocycles. The topological polar surface area (TPSA) is 132 Å². The zero-order chi connectivity index (χ0) is 27.7. The summed E-state index contributed by atoms with van der Waals surface area (Å²) in [7, 11) is -1.25. The van der Waals surface area contributed by atoms with Crippen molar-refractivity contribution in [1.82, 2.24) is 14.9 Å². The molecule has 4 heterocycles. The Bertz CT molecular complexity index is 1510. The van der Waals surface area contributed by atoms with Crippen LogP contribution in [0.25, 0.3) is 10.3 Å². The normalized spacial score (nSPS) is 22.1. The third-order valence-electron chi connectivity index (χ3n) is 7.36. The molecule has 1 aromatic carbocycles. The minimum atomic E-state index is -3.35. The minimum absolute atomic E-state index is 0.0131. The van der Waals surface area contributed by atoms with E-state index in [-0.39, 0.29) is 22.0 Å². The highest BCUT2D eigenvalue weighted by Crippen LogP contribution is 2.33. The van der Waals surface area contributed by atoms with Crippen molar-refractivity contribution in [2.45, 2.75) is 54.4 Å². The Labute approximate surface area is 236 Å². The number of rotatable bonds is 10. The zero-order valence-electron chi connectivity index (χ0n) is 22.1. The molecule has 11 nitrogen and oxygen atoms in total. The van der Waals surface area contributed by atoms with Gasteiger partial charge in [-0.25, -0.2) is 18.4 Å². The van der Waals surface area contributed by atoms with Crippen LogP contribution in [0.3, 0.4) is 0 Å². The molecule has 2 saturated heterocycles. The van der Waals surface area contributed by atoms with Gasteiger partial charge in [-0.15, -0.1) is 0 Å². The van der Waals surface area contributed by atoms with Gasteiger partial charge in [0.1, 0.15) is 17.0 Å². The van der Waals surface area contributed by atoms with Gasteiger partial charge in [-0.1, -0.05) is 28.6 Å². The number of oxime groups is 1. The van der Waals surface area contributed by atoms with Crippen LogP contribution in [0, 0.1) is 0 Å². The fourth-order valence-corrected chi connectivity index (χ4v) is 7.27. The van der Waals surface area contributed by atoms with Crippen molar-refractivity contribution >= 4 is 48.3 Å². The second-order valence-corrected chi connectivity index (χ2v) is 13.5. The molecule has 3 fully saturated rings. The summed E-state index contributed by atoms with van der Waals surface area (Å²) >= 11 is 1.23. The van der Waals surface area contributed by atoms with Crippen LogP contribution in [0.15, 0.2) is 46.4 Å². The first kappa shape index (κ1) is 27.1. The van der Waals surface area contributed by atoms with Gasteiger partial charge in [0, 0.05) is 24.1 Å². The Morgan fingerprint density at radius 3 is 2.67 bits per heavy atom. The average molecular weight is 586 g/mol. The Hall–Kier alpha value is -3.13. The summed E-state index contributed by atoms with van der Waals surface area (Å²) in [6.45, 7) is 2.61. The van der Waals surface area contributed by atoms with Crippen molar-refractivity contribution in [3.8, 4) is 5.88 Å². The number of anilines is 1. The third-order valence-corrected chi connectivity index (χ3v) is 10.5. The second-order valence-electron chi connectivity index (χ2n) is 10.3. The molecule has 0 radical (unpaired) electrons. The number of likely N-dealkylation sites (tertiary alicyclic amines) is 1. The number of fused-ring (bicyclic) bond motifs is 1. The Morgan fingerprint density at radius 1 is 1.15 bits per heavy atom. The number of sulfone groups is 1. The maximum Gasteiger partial charge on any atom is 0.280 e. The van der Waals surface area contributed by atoms with E-state index >= 15 is 0 Å². The first-order valence-electron chi connectivity index (χ1n) is 13.4. The fraction of sp³-hybridized carbons (Fsp3) is 0.481. The first-order chi connectivity index (χ1) is 19.4. The van der Waals surface area contributed by atoms with Gasteiger partial charge in [-0.3, -0.25) is 10.1 Å². The zero-order valence-corrected chi connectivity index (χ0v) is 23.7. The van der Waals surface area contributed by atoms with E-state index in [0.717, 1.165) is 13.0 Å². The Kier molecular flexibility index (Phi) is 7.71. The standard InChI is InChI=1S/C27H31N5O6S2/c1-32-13-2-3-18(32)15-37-23-11-10-22-26(29-23)39-27(28-22)30-25(33)24(31-38-19-12-14-36-16-19)17-4-6-20(7-5-17)40(34,35)21-8-9-21/h4-7,10-11,18-19,21H,2-3,8-9,12-16H2,1H3,(H,28,30,33)/b31-24+/t18-,19+/m0/s1. The molecule has 2 atom stereocenters. The number of ether oxygens (including phenoxy) is 2. The van der Waals surface area contributed by atoms with E-state index in [1.54, 1.807) is 18.2 Å². The minimum Gasteiger partial charge on any atom is -0.476 e. The van der Waals surface area contributed by atoms with Crippen LogP contribution in [0.5, 0.6) is 5.88 Å². The lowest BCUT2D eigenvalue weighted by molar-refractivity contribution is -0.110. The van der Waals surface area contributed by atoms with Crippen molar-refractivity contribution in [2.75, 3.05) is 38.7 Å². The smallest absolute Gasteiger partial charge is 0.280 e. The fourth-order valence-electron chi connectivity index (χ4n) is 4.78. The third kappa shape index (κ3) is 5.97. The van der Waals surface area contributed by atoms with E-state index < -0.39 is 15.7 Å². The molecule has 0 spiro atoms. The van der Waals surface area contributed by atoms with Crippen molar-refractivity contribution in [2.24, 2.45) is 5.16 Å². The number of carbonyl (C=O) groups is 1. The SMILES string of the molecule is CN1CCC[C@H]1COc1ccc2nc(NC(=O)/C(=N/O[C@@H]3CCOC3)c3ccc(S(=O)(=O)C4CC4)cc3)sc2n1. The Balaban J connectivity index is 1.19. The summed E-state index contributed by atoms with van der Waals surface area (Å²) in [5, 5.41) is 7.00. The lowest BCUT2D eigenvalue weighted by Gasteiger charge is -2.19. The predicted molar refractivity (Wildman–Crippen MR) is 151 cm³/mol. The van der Waals surface area contributed by atoms with Gasteiger partial charge in [0.2, 0.25) is 5.88 Å². The average Bonchev–Trinajstić information content (AvgIpc) is 3.33. The van der Waals surface area contributed by atoms with Gasteiger partial charge in [0.25, 0.3) is 5.91 Å². The van der Waals surface area contributed by atoms with E-state index in [1.807, 2.05) is 6.07 Å². The monoisotopic (exact) mass is 585 g/mol. The number of hydrogen-bond acceptors (Lipinski definition) is 11. The number of likely N-dealkylation sites (N-methyl/N-ethyl adjacent to an activating group) is 1. The first-order valence-corrected chi connectivity index (χ1v) is 15.8. The highest BCUT2D eigenvalue weighted by atomic mass is 32.2. The van der Waals surface area contributed by atoms with Crippen LogP contribution < -0.4 is 10.1 Å². The molecule has 0 bridgehead atoms. The number of hydrogen-bond donors (Lipinski definition) is 1. The lowest BCUT2D eigenvalue weighted by atomic mass is 10.1. The quantitative estimate of drug-likeness (QED) is 0.281. The van der Waals surface area contributed by atoms with Gasteiger partial charge >= 0.3 is 0 Å². The molecule has 3 aliphatic rings. The van der Waals surface area contributed by atoms with E-state index in [0.29, 0.717) is 72.0 Å². The summed E-state index contributed by atoms with van der Waals surface area (Å²) in [6.07, 6.45) is 4.05. The molecule has 1 aliphatic carbocycles. The molecule has 1 N–H and O–H groups in total. The van der Waals surface area contributed by atoms with E-state index in [2.05, 4.69) is 32.4 Å². The molecule has 2 aliphatic heterocycles. The van der Waals surface area contributed by atoms with Gasteiger partial charge in [-0.05, 0) is 57.5 Å². The molecule has 212 valence electrons. The van der Waals surface area contributed by atoms with Crippen molar-refractivity contribution in [3.63, 3.8) is 0 Å². The molecule has 3 aromatic rings. The highest BCUT2D eigenvalue weighted by Gasteiger charge is 2.37. The van der Waals surface area contributed by atoms with Crippen LogP contribution in [-0.2, 0) is 24.2 Å². The Morgan fingerprint density at radius 2 is 1.98 bits per heavy atom. The van der Waals surface area contributed by atoms with Crippen molar-refractivity contribution in [1.29, 1.82) is 0 Å². The molecule has 13 heteroatoms. The number of nitrogens with zero attached hydrogens (tertiary/aromatic N) is 4. The van der Waals surface area contributed by atoms with E-state index in [9.17, 15) is 13.2 Å². The van der Waals surface area contributed by atoms with Crippen molar-refractivity contribution < 1.29 is 27.5 Å². The van der Waals surface area contributed by atoms with Crippen LogP contribution in [0.2, 0.25) is 0 Å². The number of nitrogens with one attached hydrogen (secondary N) is 1. The number of amides is 1. The van der Waals surface area contributed by atoms with Crippen LogP contribution in [-0.4, -0.2) is 85.7 Å². The lowest BCUT2D eigenvalue weighted by Crippen LogP contribution is -2.30. The molecule has 1 amide bonds. The summed E-state index contributed by atoms with van der Waals surface area (Å²) in [5.41, 5.74) is 1.08. The van der Waals surface area contributed by atoms with Crippen LogP contribution in [0.1, 0.15) is 37.7 Å². The van der Waals surface area contributed by atoms with E-state index in [4.69, 9.17) is 14.3 Å². The molecule has 6 rings (SSSR count). The van der Waals surface area contributed by atoms with Gasteiger partial charge in [-0.2, -0.15) is 0 Å². The maximum absolute atomic E-state index is 13.4. The van der Waals surface area contributed by atoms with Gasteiger partial charge in [0.15, 0.2) is 26.8 Å². The van der Waals surface area contributed by atoms with Crippen LogP contribution >= 0.6 is 11.3 Å². The number of thiazole rings is 1. The summed E-state index contributed by atoms with van der Waals surface area (Å²) < 4.78 is 36.5. The number of aromatic nitrogens is 2. The van der Waals surface area contributed by atoms with E-state index in [1.165, 1.54) is 29.9 Å². The molecule has 0 unspecified atom stereocenters. The summed E-state index contributed by atoms with van der Waals surface area (Å²) in [6, 6.07) is 10.2. The highest BCUT2D eigenvalue weighted by molar-refractivity contribution is 7.92. The molecular weight excluding hydrogens is 554 g/mol. The summed E-state index contributed by atoms with van der Waals surface area (Å²) in [5.74, 6) is -0.0125. The second kappa shape index (κ2) is 11.4. The van der Waals surface area contributed by atoms with Crippen LogP contribution in [0.4, 0.5) is 5.13 Å². The number of benzene rings is 1. The number of carbonyl (C=O) groups excluding carboxylic acids is 1. The molecular formula is C27H31N5O6S2. The maximum atomic E-state index is 13.4. The summed E-state index contributed by atoms with van der Waals surface area (Å²) in [4.78, 5) is 31.2. The van der Waals surface area contributed by atoms with Gasteiger partial charge < -0.3 is 19.2 Å². The molecule has 40 heavy (non-hydrogen) atoms. The van der Waals surface area contributed by atoms with Crippen molar-refractivity contribution in [3.05, 3.63) is 42.0 Å². The predicted octanol–water partition coefficient (Wildman–Crippen LogP) is 3.25. The largest absolute Gasteiger partial charge is 0.476 e. The molecule has 1 saturated carbocycles.